The van der Waals surface area contributed by atoms with Crippen molar-refractivity contribution in [3.63, 3.8) is 0 Å². The van der Waals surface area contributed by atoms with Crippen molar-refractivity contribution in [1.29, 1.82) is 0 Å². The van der Waals surface area contributed by atoms with Crippen molar-refractivity contribution in [3.8, 4) is 5.75 Å². The number of hydrogen-bond donors (Lipinski definition) is 0. The van der Waals surface area contributed by atoms with E-state index in [-0.39, 0.29) is 0 Å². The minimum atomic E-state index is 0.646. The molecule has 2 aromatic carbocycles. The van der Waals surface area contributed by atoms with Gasteiger partial charge in [-0.2, -0.15) is 0 Å². The predicted octanol–water partition coefficient (Wildman–Crippen LogP) is 4.98. The van der Waals surface area contributed by atoms with Crippen LogP contribution in [0.4, 0.5) is 0 Å². The highest BCUT2D eigenvalue weighted by Crippen LogP contribution is 2.41. The van der Waals surface area contributed by atoms with Crippen molar-refractivity contribution < 1.29 is 4.74 Å². The van der Waals surface area contributed by atoms with Gasteiger partial charge in [-0.1, -0.05) is 53.7 Å². The predicted molar refractivity (Wildman–Crippen MR) is 77.5 cm³/mol. The van der Waals surface area contributed by atoms with Crippen LogP contribution in [-0.2, 0) is 0 Å². The maximum absolute atomic E-state index is 6.16. The summed E-state index contributed by atoms with van der Waals surface area (Å²) in [6.45, 7) is 0. The molecular formula is C15H11ClOS. The molecule has 1 aliphatic rings. The molecule has 1 heterocycles. The minimum absolute atomic E-state index is 0.646. The van der Waals surface area contributed by atoms with Gasteiger partial charge in [0.15, 0.2) is 0 Å². The lowest BCUT2D eigenvalue weighted by Gasteiger charge is -2.09. The average Bonchev–Trinajstić information content (AvgIpc) is 2.57. The van der Waals surface area contributed by atoms with Gasteiger partial charge in [-0.15, -0.1) is 0 Å². The lowest BCUT2D eigenvalue weighted by Crippen LogP contribution is -1.87. The van der Waals surface area contributed by atoms with E-state index in [0.717, 1.165) is 16.2 Å². The van der Waals surface area contributed by atoms with Crippen LogP contribution >= 0.6 is 23.4 Å². The number of benzene rings is 2. The Kier molecular flexibility index (Phi) is 3.06. The molecule has 0 saturated carbocycles. The topological polar surface area (TPSA) is 9.23 Å². The van der Waals surface area contributed by atoms with E-state index in [0.29, 0.717) is 5.02 Å². The molecule has 1 aliphatic heterocycles. The smallest absolute Gasteiger partial charge is 0.138 e. The molecule has 0 unspecified atom stereocenters. The molecule has 18 heavy (non-hydrogen) atoms. The van der Waals surface area contributed by atoms with Gasteiger partial charge in [0, 0.05) is 9.79 Å². The van der Waals surface area contributed by atoms with Gasteiger partial charge >= 0.3 is 0 Å². The standard InChI is InChI=1S/C15H11ClOS/c1-17-13-9-15-11(8-12(13)16)7-6-10-4-2-3-5-14(10)18-15/h2-9H,1H3. The Morgan fingerprint density at radius 1 is 1.00 bits per heavy atom. The second kappa shape index (κ2) is 4.71. The fourth-order valence-electron chi connectivity index (χ4n) is 1.93. The summed E-state index contributed by atoms with van der Waals surface area (Å²) in [4.78, 5) is 2.41. The summed E-state index contributed by atoms with van der Waals surface area (Å²) < 4.78 is 5.27. The molecule has 1 nitrogen and oxygen atoms in total. The number of ether oxygens (including phenoxy) is 1. The van der Waals surface area contributed by atoms with Crippen molar-refractivity contribution >= 4 is 35.5 Å². The molecule has 0 N–H and O–H groups in total. The molecule has 0 radical (unpaired) electrons. The first-order valence-corrected chi connectivity index (χ1v) is 6.80. The van der Waals surface area contributed by atoms with Crippen molar-refractivity contribution in [2.45, 2.75) is 9.79 Å². The van der Waals surface area contributed by atoms with E-state index in [1.807, 2.05) is 18.2 Å². The van der Waals surface area contributed by atoms with Crippen molar-refractivity contribution in [2.75, 3.05) is 7.11 Å². The first kappa shape index (κ1) is 11.7. The molecule has 0 atom stereocenters. The molecular weight excluding hydrogens is 264 g/mol. The van der Waals surface area contributed by atoms with E-state index < -0.39 is 0 Å². The van der Waals surface area contributed by atoms with Gasteiger partial charge in [0.1, 0.15) is 5.75 Å². The summed E-state index contributed by atoms with van der Waals surface area (Å²) in [5.74, 6) is 0.718. The van der Waals surface area contributed by atoms with Gasteiger partial charge in [-0.25, -0.2) is 0 Å². The molecule has 0 aliphatic carbocycles. The summed E-state index contributed by atoms with van der Waals surface area (Å²) in [6, 6.07) is 12.3. The Labute approximate surface area is 115 Å². The van der Waals surface area contributed by atoms with Crippen LogP contribution in [0.15, 0.2) is 46.2 Å². The number of rotatable bonds is 1. The summed E-state index contributed by atoms with van der Waals surface area (Å²) in [6.07, 6.45) is 4.22. The summed E-state index contributed by atoms with van der Waals surface area (Å²) in [5.41, 5.74) is 2.36. The third-order valence-electron chi connectivity index (χ3n) is 2.87. The molecule has 90 valence electrons. The Morgan fingerprint density at radius 3 is 2.61 bits per heavy atom. The van der Waals surface area contributed by atoms with Crippen LogP contribution in [0.25, 0.3) is 12.2 Å². The second-order valence-electron chi connectivity index (χ2n) is 4.00. The normalized spacial score (nSPS) is 12.6. The number of methoxy groups -OCH3 is 1. The summed E-state index contributed by atoms with van der Waals surface area (Å²) >= 11 is 7.90. The first-order valence-electron chi connectivity index (χ1n) is 5.60. The van der Waals surface area contributed by atoms with E-state index in [1.54, 1.807) is 18.9 Å². The van der Waals surface area contributed by atoms with E-state index in [9.17, 15) is 0 Å². The third kappa shape index (κ3) is 2.02. The van der Waals surface area contributed by atoms with Gasteiger partial charge in [-0.05, 0) is 29.3 Å². The van der Waals surface area contributed by atoms with E-state index in [2.05, 4.69) is 30.4 Å². The lowest BCUT2D eigenvalue weighted by atomic mass is 10.1. The molecule has 0 spiro atoms. The molecule has 0 amide bonds. The van der Waals surface area contributed by atoms with Gasteiger partial charge in [0.25, 0.3) is 0 Å². The molecule has 0 bridgehead atoms. The van der Waals surface area contributed by atoms with Crippen molar-refractivity contribution in [1.82, 2.24) is 0 Å². The van der Waals surface area contributed by atoms with Gasteiger partial charge < -0.3 is 4.74 Å². The van der Waals surface area contributed by atoms with Crippen LogP contribution < -0.4 is 4.74 Å². The Balaban J connectivity index is 2.15. The minimum Gasteiger partial charge on any atom is -0.495 e. The van der Waals surface area contributed by atoms with E-state index in [4.69, 9.17) is 16.3 Å². The van der Waals surface area contributed by atoms with Crippen molar-refractivity contribution in [2.24, 2.45) is 0 Å². The molecule has 3 rings (SSSR count). The quantitative estimate of drug-likeness (QED) is 0.619. The number of hydrogen-bond acceptors (Lipinski definition) is 2. The van der Waals surface area contributed by atoms with Crippen LogP contribution in [0, 0.1) is 0 Å². The number of halogens is 1. The molecule has 0 saturated heterocycles. The van der Waals surface area contributed by atoms with Gasteiger partial charge in [0.2, 0.25) is 0 Å². The highest BCUT2D eigenvalue weighted by molar-refractivity contribution is 7.99. The third-order valence-corrected chi connectivity index (χ3v) is 4.33. The zero-order chi connectivity index (χ0) is 12.5. The van der Waals surface area contributed by atoms with Gasteiger partial charge in [0.05, 0.1) is 12.1 Å². The van der Waals surface area contributed by atoms with Crippen LogP contribution in [0.1, 0.15) is 11.1 Å². The molecule has 0 aromatic heterocycles. The zero-order valence-electron chi connectivity index (χ0n) is 9.81. The maximum atomic E-state index is 6.16. The van der Waals surface area contributed by atoms with Gasteiger partial charge in [-0.3, -0.25) is 0 Å². The van der Waals surface area contributed by atoms with Crippen LogP contribution in [-0.4, -0.2) is 7.11 Å². The van der Waals surface area contributed by atoms with E-state index in [1.165, 1.54) is 10.5 Å². The Bertz CT molecular complexity index is 634. The second-order valence-corrected chi connectivity index (χ2v) is 5.49. The average molecular weight is 275 g/mol. The summed E-state index contributed by atoms with van der Waals surface area (Å²) in [7, 11) is 1.64. The highest BCUT2D eigenvalue weighted by atomic mass is 35.5. The van der Waals surface area contributed by atoms with E-state index >= 15 is 0 Å². The SMILES string of the molecule is COc1cc2c(cc1Cl)C=Cc1ccccc1S2. The van der Waals surface area contributed by atoms with Crippen LogP contribution in [0.5, 0.6) is 5.75 Å². The largest absolute Gasteiger partial charge is 0.495 e. The molecule has 3 heteroatoms. The monoisotopic (exact) mass is 274 g/mol. The maximum Gasteiger partial charge on any atom is 0.138 e. The molecule has 2 aromatic rings. The highest BCUT2D eigenvalue weighted by Gasteiger charge is 2.13. The van der Waals surface area contributed by atoms with Crippen LogP contribution in [0.3, 0.4) is 0 Å². The fourth-order valence-corrected chi connectivity index (χ4v) is 3.23. The lowest BCUT2D eigenvalue weighted by molar-refractivity contribution is 0.414. The Morgan fingerprint density at radius 2 is 1.78 bits per heavy atom. The Hall–Kier alpha value is -1.38. The molecule has 0 fully saturated rings. The number of fused-ring (bicyclic) bond motifs is 2. The van der Waals surface area contributed by atoms with Crippen LogP contribution in [0.2, 0.25) is 5.02 Å². The van der Waals surface area contributed by atoms with Crippen molar-refractivity contribution in [3.05, 3.63) is 52.5 Å². The summed E-state index contributed by atoms with van der Waals surface area (Å²) in [5, 5.41) is 0.646. The first-order chi connectivity index (χ1) is 8.78. The fraction of sp³-hybridized carbons (Fsp3) is 0.0667. The zero-order valence-corrected chi connectivity index (χ0v) is 11.4.